The van der Waals surface area contributed by atoms with Gasteiger partial charge in [0.05, 0.1) is 5.56 Å². The molecule has 2 aromatic carbocycles. The number of hydrogen-bond acceptors (Lipinski definition) is 4. The van der Waals surface area contributed by atoms with E-state index < -0.39 is 29.7 Å². The third-order valence-electron chi connectivity index (χ3n) is 3.39. The summed E-state index contributed by atoms with van der Waals surface area (Å²) in [6.07, 6.45) is -5.32. The van der Waals surface area contributed by atoms with Crippen molar-refractivity contribution in [1.29, 1.82) is 0 Å². The van der Waals surface area contributed by atoms with Crippen molar-refractivity contribution < 1.29 is 27.5 Å². The summed E-state index contributed by atoms with van der Waals surface area (Å²) in [4.78, 5) is 23.4. The first-order chi connectivity index (χ1) is 12.2. The lowest BCUT2D eigenvalue weighted by atomic mass is 10.1. The molecular weight excluding hydrogens is 351 g/mol. The summed E-state index contributed by atoms with van der Waals surface area (Å²) in [5.41, 5.74) is 1.33. The van der Waals surface area contributed by atoms with Gasteiger partial charge in [-0.3, -0.25) is 15.0 Å². The first-order valence-corrected chi connectivity index (χ1v) is 7.46. The quantitative estimate of drug-likeness (QED) is 0.430. The molecule has 0 radical (unpaired) electrons. The van der Waals surface area contributed by atoms with Crippen LogP contribution in [0, 0.1) is 0 Å². The monoisotopic (exact) mass is 367 g/mol. The van der Waals surface area contributed by atoms with Gasteiger partial charge in [-0.15, -0.1) is 0 Å². The normalized spacial score (nSPS) is 12.2. The molecule has 2 rings (SSSR count). The topological polar surface area (TPSA) is 93.4 Å². The summed E-state index contributed by atoms with van der Waals surface area (Å²) in [5, 5.41) is 2.40. The molecule has 0 saturated heterocycles. The predicted octanol–water partition coefficient (Wildman–Crippen LogP) is 2.71. The van der Waals surface area contributed by atoms with Gasteiger partial charge in [-0.25, -0.2) is 5.84 Å². The molecule has 0 aliphatic carbocycles. The first-order valence-electron chi connectivity index (χ1n) is 7.46. The minimum Gasteiger partial charge on any atom is -0.481 e. The van der Waals surface area contributed by atoms with Gasteiger partial charge in [0.25, 0.3) is 11.8 Å². The van der Waals surface area contributed by atoms with Crippen molar-refractivity contribution >= 4 is 17.5 Å². The van der Waals surface area contributed by atoms with E-state index >= 15 is 0 Å². The standard InChI is InChI=1S/C17H16F3N3O3/c1-10(15(24)23-21)26-14-7-5-11(6-8-14)16(25)22-13-4-2-3-12(9-13)17(18,19)20/h2-10H,21H2,1H3,(H,22,25)(H,23,24)/t10-/m0/s1. The van der Waals surface area contributed by atoms with Crippen LogP contribution < -0.4 is 21.3 Å². The van der Waals surface area contributed by atoms with Crippen LogP contribution in [0.15, 0.2) is 48.5 Å². The van der Waals surface area contributed by atoms with Crippen LogP contribution in [0.4, 0.5) is 18.9 Å². The van der Waals surface area contributed by atoms with Crippen LogP contribution in [0.3, 0.4) is 0 Å². The third kappa shape index (κ3) is 4.96. The maximum Gasteiger partial charge on any atom is 0.416 e. The maximum atomic E-state index is 12.7. The van der Waals surface area contributed by atoms with Crippen LogP contribution >= 0.6 is 0 Å². The molecular formula is C17H16F3N3O3. The van der Waals surface area contributed by atoms with Crippen molar-refractivity contribution in [2.45, 2.75) is 19.2 Å². The van der Waals surface area contributed by atoms with Crippen LogP contribution in [0.2, 0.25) is 0 Å². The highest BCUT2D eigenvalue weighted by Gasteiger charge is 2.30. The first kappa shape index (κ1) is 19.3. The van der Waals surface area contributed by atoms with Crippen molar-refractivity contribution in [2.75, 3.05) is 5.32 Å². The van der Waals surface area contributed by atoms with E-state index in [9.17, 15) is 22.8 Å². The summed E-state index contributed by atoms with van der Waals surface area (Å²) < 4.78 is 43.4. The summed E-state index contributed by atoms with van der Waals surface area (Å²) in [6.45, 7) is 1.50. The molecule has 0 aromatic heterocycles. The number of ether oxygens (including phenoxy) is 1. The zero-order valence-corrected chi connectivity index (χ0v) is 13.6. The number of hydrogen-bond donors (Lipinski definition) is 3. The fourth-order valence-electron chi connectivity index (χ4n) is 2.04. The highest BCUT2D eigenvalue weighted by Crippen LogP contribution is 2.30. The number of carbonyl (C=O) groups is 2. The molecule has 1 atom stereocenters. The van der Waals surface area contributed by atoms with E-state index in [0.29, 0.717) is 5.75 Å². The number of alkyl halides is 3. The zero-order chi connectivity index (χ0) is 19.3. The third-order valence-corrected chi connectivity index (χ3v) is 3.39. The summed E-state index contributed by atoms with van der Waals surface area (Å²) in [7, 11) is 0. The average Bonchev–Trinajstić information content (AvgIpc) is 2.61. The molecule has 0 bridgehead atoms. The van der Waals surface area contributed by atoms with Gasteiger partial charge in [-0.2, -0.15) is 13.2 Å². The van der Waals surface area contributed by atoms with Crippen molar-refractivity contribution in [3.05, 3.63) is 59.7 Å². The number of anilines is 1. The summed E-state index contributed by atoms with van der Waals surface area (Å²) in [5.74, 6) is 4.23. The lowest BCUT2D eigenvalue weighted by Crippen LogP contribution is -2.40. The van der Waals surface area contributed by atoms with E-state index in [1.54, 1.807) is 0 Å². The Morgan fingerprint density at radius 2 is 1.77 bits per heavy atom. The van der Waals surface area contributed by atoms with Crippen LogP contribution in [-0.2, 0) is 11.0 Å². The molecule has 2 aromatic rings. The van der Waals surface area contributed by atoms with Gasteiger partial charge in [0, 0.05) is 11.3 Å². The Bertz CT molecular complexity index is 792. The predicted molar refractivity (Wildman–Crippen MR) is 88.3 cm³/mol. The van der Waals surface area contributed by atoms with Crippen molar-refractivity contribution in [1.82, 2.24) is 5.43 Å². The van der Waals surface area contributed by atoms with E-state index in [1.807, 2.05) is 5.43 Å². The number of hydrazine groups is 1. The number of carbonyl (C=O) groups excluding carboxylic acids is 2. The van der Waals surface area contributed by atoms with Gasteiger partial charge in [0.15, 0.2) is 6.10 Å². The summed E-state index contributed by atoms with van der Waals surface area (Å²) in [6, 6.07) is 10.1. The molecule has 26 heavy (non-hydrogen) atoms. The minimum absolute atomic E-state index is 0.0263. The molecule has 138 valence electrons. The van der Waals surface area contributed by atoms with Crippen LogP contribution in [0.25, 0.3) is 0 Å². The molecule has 0 unspecified atom stereocenters. The van der Waals surface area contributed by atoms with Crippen LogP contribution in [0.1, 0.15) is 22.8 Å². The number of nitrogens with one attached hydrogen (secondary N) is 2. The fraction of sp³-hybridized carbons (Fsp3) is 0.176. The SMILES string of the molecule is C[C@H](Oc1ccc(C(=O)Nc2cccc(C(F)(F)F)c2)cc1)C(=O)NN. The molecule has 0 spiro atoms. The number of amides is 2. The number of rotatable bonds is 5. The largest absolute Gasteiger partial charge is 0.481 e. The van der Waals surface area contributed by atoms with E-state index in [0.717, 1.165) is 12.1 Å². The highest BCUT2D eigenvalue weighted by molar-refractivity contribution is 6.04. The van der Waals surface area contributed by atoms with E-state index in [2.05, 4.69) is 5.32 Å². The van der Waals surface area contributed by atoms with Gasteiger partial charge in [-0.1, -0.05) is 6.07 Å². The molecule has 0 heterocycles. The van der Waals surface area contributed by atoms with Crippen LogP contribution in [-0.4, -0.2) is 17.9 Å². The number of benzene rings is 2. The minimum atomic E-state index is -4.49. The molecule has 0 fully saturated rings. The van der Waals surface area contributed by atoms with E-state index in [1.165, 1.54) is 43.3 Å². The maximum absolute atomic E-state index is 12.7. The molecule has 4 N–H and O–H groups in total. The number of nitrogens with two attached hydrogens (primary N) is 1. The van der Waals surface area contributed by atoms with Crippen LogP contribution in [0.5, 0.6) is 5.75 Å². The molecule has 0 saturated carbocycles. The lowest BCUT2D eigenvalue weighted by Gasteiger charge is -2.13. The smallest absolute Gasteiger partial charge is 0.416 e. The van der Waals surface area contributed by atoms with Crippen molar-refractivity contribution in [3.63, 3.8) is 0 Å². The van der Waals surface area contributed by atoms with Gasteiger partial charge >= 0.3 is 6.18 Å². The van der Waals surface area contributed by atoms with E-state index in [-0.39, 0.29) is 11.3 Å². The Kier molecular flexibility index (Phi) is 5.83. The fourth-order valence-corrected chi connectivity index (χ4v) is 2.04. The number of halogens is 3. The second kappa shape index (κ2) is 7.87. The zero-order valence-electron chi connectivity index (χ0n) is 13.6. The van der Waals surface area contributed by atoms with Gasteiger partial charge < -0.3 is 10.1 Å². The second-order valence-electron chi connectivity index (χ2n) is 5.33. The van der Waals surface area contributed by atoms with Crippen molar-refractivity contribution in [2.24, 2.45) is 5.84 Å². The molecule has 6 nitrogen and oxygen atoms in total. The second-order valence-corrected chi connectivity index (χ2v) is 5.33. The molecule has 9 heteroatoms. The van der Waals surface area contributed by atoms with Crippen molar-refractivity contribution in [3.8, 4) is 5.75 Å². The Morgan fingerprint density at radius 1 is 1.12 bits per heavy atom. The Morgan fingerprint density at radius 3 is 2.35 bits per heavy atom. The van der Waals surface area contributed by atoms with Gasteiger partial charge in [-0.05, 0) is 49.4 Å². The lowest BCUT2D eigenvalue weighted by molar-refractivity contribution is -0.137. The molecule has 0 aliphatic heterocycles. The Balaban J connectivity index is 2.05. The Hall–Kier alpha value is -3.07. The average molecular weight is 367 g/mol. The highest BCUT2D eigenvalue weighted by atomic mass is 19.4. The van der Waals surface area contributed by atoms with Gasteiger partial charge in [0.2, 0.25) is 0 Å². The Labute approximate surface area is 147 Å². The summed E-state index contributed by atoms with van der Waals surface area (Å²) >= 11 is 0. The van der Waals surface area contributed by atoms with Gasteiger partial charge in [0.1, 0.15) is 5.75 Å². The molecule has 0 aliphatic rings. The molecule has 2 amide bonds. The van der Waals surface area contributed by atoms with E-state index in [4.69, 9.17) is 10.6 Å².